The van der Waals surface area contributed by atoms with E-state index in [0.29, 0.717) is 59.9 Å². The van der Waals surface area contributed by atoms with Gasteiger partial charge in [-0.1, -0.05) is 146 Å². The number of ether oxygens (including phenoxy) is 2. The van der Waals surface area contributed by atoms with E-state index in [1.54, 1.807) is 25.7 Å². The first kappa shape index (κ1) is 78.5. The summed E-state index contributed by atoms with van der Waals surface area (Å²) in [4.78, 5) is 77.5. The smallest absolute Gasteiger partial charge is 0.309 e. The summed E-state index contributed by atoms with van der Waals surface area (Å²) in [5, 5.41) is 3.27. The van der Waals surface area contributed by atoms with Crippen molar-refractivity contribution in [2.75, 3.05) is 114 Å². The van der Waals surface area contributed by atoms with Crippen LogP contribution < -0.4 is 22.1 Å². The number of hydrogen-bond donors (Lipinski definition) is 3. The third-order valence-electron chi connectivity index (χ3n) is 26.2. The first-order valence-corrected chi connectivity index (χ1v) is 43.4. The van der Waals surface area contributed by atoms with Gasteiger partial charge in [0, 0.05) is 201 Å². The maximum Gasteiger partial charge on any atom is 0.309 e. The van der Waals surface area contributed by atoms with E-state index in [1.807, 2.05) is 98.6 Å². The maximum atomic E-state index is 12.1. The van der Waals surface area contributed by atoms with E-state index in [-0.39, 0.29) is 11.9 Å². The molecule has 0 atom stereocenters. The SMILES string of the molecule is CCOC(=O)C1CCN(C2CC(c3nc(-c4ccc5ccc(-c6ccccc6)nc5c4)c4c(N)nccn34)C2)CC1.COCCN1CCN(C2CC(c3nc(-c4ccc5ccc(-c6ccccc6)nc5c4)c4c(N)nccn34)C2)CC1.Nc1nccn2c(C3CC(N4CCN(c5ncccn5)CC4)C3)nc(-c3ccc4ccc(-c5ccccc5)nc4c3)c12. The van der Waals surface area contributed by atoms with Crippen LogP contribution in [0.5, 0.6) is 0 Å². The molecule has 0 bridgehead atoms. The summed E-state index contributed by atoms with van der Waals surface area (Å²) in [6.07, 6.45) is 23.2. The summed E-state index contributed by atoms with van der Waals surface area (Å²) < 4.78 is 16.9. The average Bonchev–Trinajstić information content (AvgIpc) is 1.58. The number of imidazole rings is 3. The van der Waals surface area contributed by atoms with E-state index < -0.39 is 0 Å². The number of fused-ring (bicyclic) bond motifs is 6. The van der Waals surface area contributed by atoms with Crippen LogP contribution in [0.2, 0.25) is 0 Å². The Morgan fingerprint density at radius 2 is 0.748 bits per heavy atom. The second-order valence-electron chi connectivity index (χ2n) is 33.4. The van der Waals surface area contributed by atoms with Gasteiger partial charge >= 0.3 is 5.97 Å². The fourth-order valence-electron chi connectivity index (χ4n) is 19.2. The molecule has 3 aliphatic heterocycles. The second kappa shape index (κ2) is 34.5. The molecule has 6 fully saturated rings. The lowest BCUT2D eigenvalue weighted by atomic mass is 9.77. The summed E-state index contributed by atoms with van der Waals surface area (Å²) in [5.41, 5.74) is 36.5. The zero-order valence-electron chi connectivity index (χ0n) is 69.4. The molecule has 3 saturated heterocycles. The van der Waals surface area contributed by atoms with Gasteiger partial charge in [-0.3, -0.25) is 32.7 Å². The topological polar surface area (TPSA) is 285 Å². The van der Waals surface area contributed by atoms with E-state index >= 15 is 0 Å². The Bertz CT molecular complexity index is 6470. The van der Waals surface area contributed by atoms with E-state index in [1.165, 1.54) is 0 Å². The van der Waals surface area contributed by atoms with Crippen molar-refractivity contribution in [3.05, 3.63) is 255 Å². The van der Waals surface area contributed by atoms with Crippen LogP contribution in [0.15, 0.2) is 238 Å². The molecule has 0 spiro atoms. The Morgan fingerprint density at radius 1 is 0.390 bits per heavy atom. The lowest BCUT2D eigenvalue weighted by Crippen LogP contribution is -2.54. The monoisotopic (exact) mass is 1630 g/mol. The molecule has 25 heteroatoms. The van der Waals surface area contributed by atoms with Crippen molar-refractivity contribution in [1.29, 1.82) is 0 Å². The molecule has 16 aromatic rings. The van der Waals surface area contributed by atoms with E-state index in [9.17, 15) is 4.79 Å². The summed E-state index contributed by atoms with van der Waals surface area (Å²) in [5.74, 6) is 6.60. The van der Waals surface area contributed by atoms with Gasteiger partial charge < -0.3 is 36.5 Å². The number of nitrogens with zero attached hydrogens (tertiary/aromatic N) is 19. The number of likely N-dealkylation sites (tertiary alicyclic amines) is 1. The third-order valence-corrected chi connectivity index (χ3v) is 26.2. The maximum absolute atomic E-state index is 12.1. The Hall–Kier alpha value is -13.0. The normalized spacial score (nSPS) is 19.8. The van der Waals surface area contributed by atoms with Gasteiger partial charge in [0.25, 0.3) is 0 Å². The number of nitrogens with two attached hydrogens (primary N) is 3. The van der Waals surface area contributed by atoms with Crippen LogP contribution in [-0.2, 0) is 14.3 Å². The van der Waals surface area contributed by atoms with Crippen LogP contribution in [0, 0.1) is 5.92 Å². The molecule has 25 nitrogen and oxygen atoms in total. The van der Waals surface area contributed by atoms with Gasteiger partial charge in [-0.25, -0.2) is 54.8 Å². The lowest BCUT2D eigenvalue weighted by molar-refractivity contribution is -0.150. The van der Waals surface area contributed by atoms with Crippen molar-refractivity contribution in [2.45, 2.75) is 94.2 Å². The Balaban J connectivity index is 0.000000117. The quantitative estimate of drug-likeness (QED) is 0.0673. The van der Waals surface area contributed by atoms with Gasteiger partial charge in [0.05, 0.1) is 52.8 Å². The highest BCUT2D eigenvalue weighted by atomic mass is 16.5. The van der Waals surface area contributed by atoms with Gasteiger partial charge in [0.2, 0.25) is 5.95 Å². The van der Waals surface area contributed by atoms with Crippen molar-refractivity contribution < 1.29 is 14.3 Å². The number of pyridine rings is 3. The molecule has 3 saturated carbocycles. The fraction of sp³-hybridized carbons (Fsp3) is 0.306. The van der Waals surface area contributed by atoms with Crippen molar-refractivity contribution in [3.63, 3.8) is 0 Å². The number of benzene rings is 6. The first-order chi connectivity index (χ1) is 60.5. The largest absolute Gasteiger partial charge is 0.466 e. The minimum Gasteiger partial charge on any atom is -0.466 e. The average molecular weight is 1630 g/mol. The molecule has 620 valence electrons. The van der Waals surface area contributed by atoms with E-state index in [2.05, 4.69) is 190 Å². The van der Waals surface area contributed by atoms with Crippen molar-refractivity contribution in [2.24, 2.45) is 5.92 Å². The van der Waals surface area contributed by atoms with Gasteiger partial charge in [-0.05, 0) is 114 Å². The van der Waals surface area contributed by atoms with Crippen molar-refractivity contribution in [1.82, 2.24) is 87.6 Å². The standard InChI is InChI=1S/C33H31N9.C33H34N6O2.C32H35N7O/c34-31-30-29(24-8-7-23-9-10-27(38-28(23)21-24)22-5-2-1-3-6-22)39-32(42(30)14-13-35-31)25-19-26(20-25)40-15-17-41(18-16-40)33-36-11-4-12-37-33;1-2-41-33(40)23-12-15-38(16-13-23)26-18-25(19-26)32-37-29(30-31(34)35-14-17-39(30)32)24-9-8-22-10-11-27(36-28(22)20-24)21-6-4-3-5-7-21;1-40-18-17-37-13-15-38(16-14-37)26-19-25(20-26)32-36-29(30-31(33)34-11-12-39(30)32)24-8-7-23-9-10-27(35-28(23)21-24)22-5-3-2-4-6-22/h1-14,21,25-26H,15-20H2,(H2,34,35);3-11,14,17,20,23,25-26H,2,12-13,15-16,18-19H2,1H3,(H2,34,35);2-12,21,25-26H,13-20H2,1H3,(H2,33,34). The molecule has 123 heavy (non-hydrogen) atoms. The van der Waals surface area contributed by atoms with E-state index in [4.69, 9.17) is 56.6 Å². The molecular weight excluding hydrogens is 1530 g/mol. The van der Waals surface area contributed by atoms with Gasteiger partial charge in [0.1, 0.15) is 68.6 Å². The zero-order valence-corrected chi connectivity index (χ0v) is 69.4. The van der Waals surface area contributed by atoms with Crippen LogP contribution in [-0.4, -0.2) is 204 Å². The number of aromatic nitrogens is 14. The second-order valence-corrected chi connectivity index (χ2v) is 33.4. The number of carbonyl (C=O) groups excluding carboxylic acids is 1. The predicted molar refractivity (Wildman–Crippen MR) is 485 cm³/mol. The molecule has 6 aliphatic rings. The van der Waals surface area contributed by atoms with Crippen LogP contribution in [0.3, 0.4) is 0 Å². The van der Waals surface area contributed by atoms with Gasteiger partial charge in [-0.15, -0.1) is 0 Å². The Morgan fingerprint density at radius 3 is 1.11 bits per heavy atom. The molecule has 13 heterocycles. The van der Waals surface area contributed by atoms with Gasteiger partial charge in [-0.2, -0.15) is 0 Å². The molecule has 6 N–H and O–H groups in total. The number of carbonyl (C=O) groups is 1. The highest BCUT2D eigenvalue weighted by Gasteiger charge is 2.43. The van der Waals surface area contributed by atoms with Crippen LogP contribution in [0.25, 0.3) is 117 Å². The number of methoxy groups -OCH3 is 1. The number of nitrogen functional groups attached to an aromatic ring is 3. The van der Waals surface area contributed by atoms with Crippen molar-refractivity contribution in [3.8, 4) is 67.5 Å². The molecule has 10 aromatic heterocycles. The summed E-state index contributed by atoms with van der Waals surface area (Å²) in [6.45, 7) is 14.5. The number of esters is 1. The highest BCUT2D eigenvalue weighted by Crippen LogP contribution is 2.47. The molecule has 0 unspecified atom stereocenters. The number of anilines is 4. The molecule has 22 rings (SSSR count). The first-order valence-electron chi connectivity index (χ1n) is 43.4. The highest BCUT2D eigenvalue weighted by molar-refractivity contribution is 5.95. The molecule has 0 amide bonds. The van der Waals surface area contributed by atoms with Crippen LogP contribution in [0.4, 0.5) is 23.4 Å². The fourth-order valence-corrected chi connectivity index (χ4v) is 19.2. The van der Waals surface area contributed by atoms with Crippen LogP contribution >= 0.6 is 0 Å². The lowest BCUT2D eigenvalue weighted by Gasteiger charge is -2.46. The number of hydrogen-bond acceptors (Lipinski definition) is 22. The van der Waals surface area contributed by atoms with Crippen molar-refractivity contribution >= 4 is 78.6 Å². The molecule has 0 radical (unpaired) electrons. The number of rotatable bonds is 18. The van der Waals surface area contributed by atoms with E-state index in [0.717, 1.165) is 270 Å². The number of piperazine rings is 2. The zero-order chi connectivity index (χ0) is 83.0. The Labute approximate surface area is 713 Å². The molecule has 6 aromatic carbocycles. The predicted octanol–water partition coefficient (Wildman–Crippen LogP) is 15.5. The molecular formula is C98H100N22O3. The summed E-state index contributed by atoms with van der Waals surface area (Å²) >= 11 is 0. The van der Waals surface area contributed by atoms with Crippen LogP contribution in [0.1, 0.15) is 93.5 Å². The minimum atomic E-state index is -0.0404. The summed E-state index contributed by atoms with van der Waals surface area (Å²) in [6, 6.07) is 66.0. The minimum absolute atomic E-state index is 0.0385. The molecule has 3 aliphatic carbocycles. The number of piperidine rings is 1. The van der Waals surface area contributed by atoms with Gasteiger partial charge in [0.15, 0.2) is 0 Å². The Kier molecular flexibility index (Phi) is 22.0. The summed E-state index contributed by atoms with van der Waals surface area (Å²) in [7, 11) is 1.78. The third kappa shape index (κ3) is 15.9.